The van der Waals surface area contributed by atoms with Gasteiger partial charge in [-0.25, -0.2) is 0 Å². The first kappa shape index (κ1) is 14.3. The summed E-state index contributed by atoms with van der Waals surface area (Å²) in [6.07, 6.45) is 1.68. The second kappa shape index (κ2) is 5.88. The van der Waals surface area contributed by atoms with Crippen molar-refractivity contribution in [3.63, 3.8) is 0 Å². The summed E-state index contributed by atoms with van der Waals surface area (Å²) in [7, 11) is 1.72. The fraction of sp³-hybridized carbons (Fsp3) is 0.143. The van der Waals surface area contributed by atoms with Crippen LogP contribution in [0.1, 0.15) is 18.1 Å². The third-order valence-corrected chi connectivity index (χ3v) is 2.54. The summed E-state index contributed by atoms with van der Waals surface area (Å²) in [5.41, 5.74) is 1.23. The lowest BCUT2D eigenvalue weighted by Crippen LogP contribution is -2.07. The smallest absolute Gasteiger partial charge is 0.269 e. The second-order valence-electron chi connectivity index (χ2n) is 4.30. The van der Waals surface area contributed by atoms with Gasteiger partial charge in [0.25, 0.3) is 5.69 Å². The number of hydrogen-bond donors (Lipinski definition) is 1. The van der Waals surface area contributed by atoms with Crippen LogP contribution in [0.2, 0.25) is 0 Å². The van der Waals surface area contributed by atoms with E-state index in [1.54, 1.807) is 30.1 Å². The average molecular weight is 284 g/mol. The molecule has 7 heteroatoms. The highest BCUT2D eigenvalue weighted by Crippen LogP contribution is 2.13. The van der Waals surface area contributed by atoms with Crippen molar-refractivity contribution in [2.24, 2.45) is 7.05 Å². The Morgan fingerprint density at radius 1 is 1.33 bits per heavy atom. The quantitative estimate of drug-likeness (QED) is 0.516. The van der Waals surface area contributed by atoms with Crippen molar-refractivity contribution in [3.05, 3.63) is 51.7 Å². The molecule has 106 valence electrons. The minimum atomic E-state index is -0.465. The highest BCUT2D eigenvalue weighted by Gasteiger charge is 2.07. The van der Waals surface area contributed by atoms with E-state index in [-0.39, 0.29) is 11.6 Å². The number of aromatic nitrogens is 2. The van der Waals surface area contributed by atoms with Crippen LogP contribution in [0.25, 0.3) is 0 Å². The zero-order chi connectivity index (χ0) is 15.4. The van der Waals surface area contributed by atoms with Crippen LogP contribution in [-0.4, -0.2) is 20.6 Å². The Morgan fingerprint density at radius 2 is 2.00 bits per heavy atom. The Balaban J connectivity index is 2.26. The normalized spacial score (nSPS) is 9.62. The van der Waals surface area contributed by atoms with E-state index >= 15 is 0 Å². The highest BCUT2D eigenvalue weighted by atomic mass is 16.6. The molecule has 0 spiro atoms. The molecule has 1 aromatic carbocycles. The summed E-state index contributed by atoms with van der Waals surface area (Å²) < 4.78 is 1.55. The zero-order valence-corrected chi connectivity index (χ0v) is 11.5. The van der Waals surface area contributed by atoms with Gasteiger partial charge >= 0.3 is 0 Å². The molecule has 0 saturated heterocycles. The van der Waals surface area contributed by atoms with E-state index in [1.165, 1.54) is 19.1 Å². The van der Waals surface area contributed by atoms with Gasteiger partial charge in [0.15, 0.2) is 5.82 Å². The van der Waals surface area contributed by atoms with Crippen LogP contribution in [0.5, 0.6) is 0 Å². The third-order valence-electron chi connectivity index (χ3n) is 2.54. The lowest BCUT2D eigenvalue weighted by Gasteiger charge is -1.96. The molecule has 1 amide bonds. The standard InChI is InChI=1S/C14H12N4O3/c1-10(19)15-14-12(9-17(2)16-14)6-3-11-4-7-13(8-5-11)18(20)21/h4-5,7-9H,1-2H3,(H,15,16,19). The van der Waals surface area contributed by atoms with Gasteiger partial charge in [-0.1, -0.05) is 11.8 Å². The largest absolute Gasteiger partial charge is 0.308 e. The Hall–Kier alpha value is -3.14. The molecular weight excluding hydrogens is 272 g/mol. The van der Waals surface area contributed by atoms with Crippen molar-refractivity contribution in [2.75, 3.05) is 5.32 Å². The van der Waals surface area contributed by atoms with Crippen LogP contribution < -0.4 is 5.32 Å². The lowest BCUT2D eigenvalue weighted by molar-refractivity contribution is -0.384. The van der Waals surface area contributed by atoms with Crippen molar-refractivity contribution in [1.29, 1.82) is 0 Å². The number of non-ortho nitro benzene ring substituents is 1. The predicted octanol–water partition coefficient (Wildman–Crippen LogP) is 1.69. The summed E-state index contributed by atoms with van der Waals surface area (Å²) >= 11 is 0. The molecule has 0 bridgehead atoms. The maximum absolute atomic E-state index is 11.1. The van der Waals surface area contributed by atoms with E-state index in [0.29, 0.717) is 16.9 Å². The van der Waals surface area contributed by atoms with Gasteiger partial charge in [0.05, 0.1) is 10.5 Å². The summed E-state index contributed by atoms with van der Waals surface area (Å²) in [6, 6.07) is 5.92. The second-order valence-corrected chi connectivity index (χ2v) is 4.30. The average Bonchev–Trinajstić information content (AvgIpc) is 2.76. The van der Waals surface area contributed by atoms with Gasteiger partial charge in [0, 0.05) is 37.9 Å². The molecule has 21 heavy (non-hydrogen) atoms. The number of nitrogens with zero attached hydrogens (tertiary/aromatic N) is 3. The fourth-order valence-corrected chi connectivity index (χ4v) is 1.64. The minimum absolute atomic E-state index is 0.0147. The Bertz CT molecular complexity index is 751. The molecule has 0 atom stereocenters. The first-order valence-electron chi connectivity index (χ1n) is 6.03. The molecule has 7 nitrogen and oxygen atoms in total. The fourth-order valence-electron chi connectivity index (χ4n) is 1.64. The highest BCUT2D eigenvalue weighted by molar-refractivity contribution is 5.89. The van der Waals surface area contributed by atoms with Crippen molar-refractivity contribution in [3.8, 4) is 11.8 Å². The van der Waals surface area contributed by atoms with Gasteiger partial charge in [-0.15, -0.1) is 0 Å². The van der Waals surface area contributed by atoms with Crippen LogP contribution in [0.15, 0.2) is 30.5 Å². The molecule has 0 fully saturated rings. The van der Waals surface area contributed by atoms with Gasteiger partial charge in [-0.3, -0.25) is 19.6 Å². The van der Waals surface area contributed by atoms with E-state index in [1.807, 2.05) is 0 Å². The summed E-state index contributed by atoms with van der Waals surface area (Å²) in [5.74, 6) is 5.92. The number of rotatable bonds is 2. The Kier molecular flexibility index (Phi) is 4.00. The molecular formula is C14H12N4O3. The molecule has 0 radical (unpaired) electrons. The number of carbonyl (C=O) groups excluding carboxylic acids is 1. The van der Waals surface area contributed by atoms with Crippen molar-refractivity contribution < 1.29 is 9.72 Å². The van der Waals surface area contributed by atoms with Crippen molar-refractivity contribution in [1.82, 2.24) is 9.78 Å². The number of hydrogen-bond acceptors (Lipinski definition) is 4. The van der Waals surface area contributed by atoms with Crippen LogP contribution in [-0.2, 0) is 11.8 Å². The predicted molar refractivity (Wildman–Crippen MR) is 76.6 cm³/mol. The van der Waals surface area contributed by atoms with Crippen LogP contribution >= 0.6 is 0 Å². The van der Waals surface area contributed by atoms with Crippen molar-refractivity contribution in [2.45, 2.75) is 6.92 Å². The maximum atomic E-state index is 11.1. The first-order chi connectivity index (χ1) is 9.95. The third kappa shape index (κ3) is 3.67. The molecule has 2 rings (SSSR count). The van der Waals surface area contributed by atoms with E-state index < -0.39 is 4.92 Å². The van der Waals surface area contributed by atoms with E-state index in [2.05, 4.69) is 22.3 Å². The van der Waals surface area contributed by atoms with Crippen LogP contribution in [0.4, 0.5) is 11.5 Å². The molecule has 0 aliphatic carbocycles. The van der Waals surface area contributed by atoms with Gasteiger partial charge in [0.2, 0.25) is 5.91 Å². The number of anilines is 1. The molecule has 0 saturated carbocycles. The molecule has 1 heterocycles. The summed E-state index contributed by atoms with van der Waals surface area (Å²) in [6.45, 7) is 1.39. The molecule has 0 aliphatic rings. The molecule has 2 aromatic rings. The van der Waals surface area contributed by atoms with E-state index in [4.69, 9.17) is 0 Å². The van der Waals surface area contributed by atoms with Gasteiger partial charge in [-0.05, 0) is 12.1 Å². The minimum Gasteiger partial charge on any atom is -0.308 e. The number of carbonyl (C=O) groups is 1. The zero-order valence-electron chi connectivity index (χ0n) is 11.5. The number of nitro groups is 1. The van der Waals surface area contributed by atoms with Gasteiger partial charge < -0.3 is 5.32 Å². The van der Waals surface area contributed by atoms with Crippen LogP contribution in [0, 0.1) is 22.0 Å². The van der Waals surface area contributed by atoms with E-state index in [9.17, 15) is 14.9 Å². The number of benzene rings is 1. The molecule has 1 aromatic heterocycles. The SMILES string of the molecule is CC(=O)Nc1nn(C)cc1C#Cc1ccc([N+](=O)[O-])cc1. The number of nitrogens with one attached hydrogen (secondary N) is 1. The van der Waals surface area contributed by atoms with Crippen molar-refractivity contribution >= 4 is 17.4 Å². The monoisotopic (exact) mass is 284 g/mol. The Labute approximate surface area is 120 Å². The van der Waals surface area contributed by atoms with Crippen LogP contribution in [0.3, 0.4) is 0 Å². The number of amides is 1. The first-order valence-corrected chi connectivity index (χ1v) is 6.03. The molecule has 1 N–H and O–H groups in total. The maximum Gasteiger partial charge on any atom is 0.269 e. The summed E-state index contributed by atoms with van der Waals surface area (Å²) in [4.78, 5) is 21.2. The van der Waals surface area contributed by atoms with Gasteiger partial charge in [0.1, 0.15) is 0 Å². The van der Waals surface area contributed by atoms with E-state index in [0.717, 1.165) is 0 Å². The number of nitro benzene ring substituents is 1. The summed E-state index contributed by atoms with van der Waals surface area (Å²) in [5, 5.41) is 17.2. The van der Waals surface area contributed by atoms with Gasteiger partial charge in [-0.2, -0.15) is 5.10 Å². The Morgan fingerprint density at radius 3 is 2.57 bits per heavy atom. The molecule has 0 unspecified atom stereocenters. The lowest BCUT2D eigenvalue weighted by atomic mass is 10.2. The number of aryl methyl sites for hydroxylation is 1. The topological polar surface area (TPSA) is 90.1 Å². The molecule has 0 aliphatic heterocycles.